The summed E-state index contributed by atoms with van der Waals surface area (Å²) in [6, 6.07) is 0. The van der Waals surface area contributed by atoms with Crippen molar-refractivity contribution in [3.05, 3.63) is 23.3 Å². The fourth-order valence-corrected chi connectivity index (χ4v) is 0.946. The van der Waals surface area contributed by atoms with E-state index in [1.54, 1.807) is 6.08 Å². The molecule has 0 aromatic rings. The van der Waals surface area contributed by atoms with E-state index in [2.05, 4.69) is 24.7 Å². The Labute approximate surface area is 85.1 Å². The fourth-order valence-electron chi connectivity index (χ4n) is 0.946. The second-order valence-electron chi connectivity index (χ2n) is 3.45. The van der Waals surface area contributed by atoms with Gasteiger partial charge in [0.1, 0.15) is 6.61 Å². The average molecular weight is 198 g/mol. The summed E-state index contributed by atoms with van der Waals surface area (Å²) < 4.78 is 4.36. The molecule has 0 atom stereocenters. The Hall–Kier alpha value is -1.25. The van der Waals surface area contributed by atoms with E-state index in [1.807, 2.05) is 6.92 Å². The Morgan fingerprint density at radius 3 is 2.43 bits per heavy atom. The van der Waals surface area contributed by atoms with Crippen LogP contribution in [0.1, 0.15) is 33.6 Å². The highest BCUT2D eigenvalue weighted by atomic mass is 16.7. The largest absolute Gasteiger partial charge is 0.506 e. The van der Waals surface area contributed by atoms with Gasteiger partial charge in [0.15, 0.2) is 0 Å². The van der Waals surface area contributed by atoms with Crippen molar-refractivity contribution in [3.63, 3.8) is 0 Å². The van der Waals surface area contributed by atoms with Crippen molar-refractivity contribution in [1.29, 1.82) is 0 Å². The van der Waals surface area contributed by atoms with E-state index >= 15 is 0 Å². The number of hydrogen-bond acceptors (Lipinski definition) is 2. The van der Waals surface area contributed by atoms with Crippen LogP contribution >= 0.6 is 0 Å². The van der Waals surface area contributed by atoms with E-state index in [0.717, 1.165) is 18.4 Å². The summed E-state index contributed by atoms with van der Waals surface area (Å²) >= 11 is 0. The van der Waals surface area contributed by atoms with Gasteiger partial charge in [0.05, 0.1) is 0 Å². The average Bonchev–Trinajstić information content (AvgIpc) is 2.02. The van der Waals surface area contributed by atoms with E-state index in [0.29, 0.717) is 0 Å². The van der Waals surface area contributed by atoms with Crippen molar-refractivity contribution >= 4 is 6.16 Å². The maximum absolute atomic E-state index is 10.0. The first-order chi connectivity index (χ1) is 6.52. The fraction of sp³-hybridized carbons (Fsp3) is 0.545. The van der Waals surface area contributed by atoms with Gasteiger partial charge in [-0.2, -0.15) is 0 Å². The van der Waals surface area contributed by atoms with E-state index in [4.69, 9.17) is 5.11 Å². The Balaban J connectivity index is 3.67. The van der Waals surface area contributed by atoms with Crippen LogP contribution in [0.15, 0.2) is 23.3 Å². The van der Waals surface area contributed by atoms with Gasteiger partial charge >= 0.3 is 6.16 Å². The van der Waals surface area contributed by atoms with Gasteiger partial charge in [-0.3, -0.25) is 0 Å². The monoisotopic (exact) mass is 198 g/mol. The molecule has 0 saturated heterocycles. The minimum Gasteiger partial charge on any atom is -0.450 e. The zero-order chi connectivity index (χ0) is 11.0. The van der Waals surface area contributed by atoms with Crippen LogP contribution in [0.3, 0.4) is 0 Å². The van der Waals surface area contributed by atoms with Gasteiger partial charge in [-0.1, -0.05) is 17.2 Å². The molecule has 0 bridgehead atoms. The zero-order valence-corrected chi connectivity index (χ0v) is 9.04. The van der Waals surface area contributed by atoms with Crippen LogP contribution in [0.5, 0.6) is 0 Å². The normalized spacial score (nSPS) is 10.9. The molecule has 14 heavy (non-hydrogen) atoms. The quantitative estimate of drug-likeness (QED) is 0.544. The molecule has 0 spiro atoms. The van der Waals surface area contributed by atoms with E-state index in [9.17, 15) is 4.79 Å². The molecule has 0 radical (unpaired) electrons. The first kappa shape index (κ1) is 12.8. The predicted octanol–water partition coefficient (Wildman–Crippen LogP) is 3.37. The van der Waals surface area contributed by atoms with Crippen LogP contribution in [-0.2, 0) is 4.74 Å². The van der Waals surface area contributed by atoms with Crippen LogP contribution in [0.4, 0.5) is 4.79 Å². The van der Waals surface area contributed by atoms with Gasteiger partial charge in [-0.15, -0.1) is 0 Å². The van der Waals surface area contributed by atoms with E-state index in [-0.39, 0.29) is 6.61 Å². The molecule has 0 heterocycles. The van der Waals surface area contributed by atoms with Crippen LogP contribution in [-0.4, -0.2) is 17.9 Å². The minimum atomic E-state index is -1.22. The third-order valence-corrected chi connectivity index (χ3v) is 1.73. The summed E-state index contributed by atoms with van der Waals surface area (Å²) in [6.45, 7) is 6.25. The third kappa shape index (κ3) is 8.84. The highest BCUT2D eigenvalue weighted by Gasteiger charge is 1.93. The summed E-state index contributed by atoms with van der Waals surface area (Å²) in [5, 5.41) is 8.21. The standard InChI is InChI=1S/C11H18O3/c1-9(2)5-4-6-10(3)7-8-14-11(12)13/h5,7H,4,6,8H2,1-3H3,(H,12,13)/b10-7+. The molecule has 3 heteroatoms. The number of carboxylic acid groups (broad SMARTS) is 1. The molecule has 0 amide bonds. The molecule has 3 nitrogen and oxygen atoms in total. The van der Waals surface area contributed by atoms with Crippen molar-refractivity contribution in [3.8, 4) is 0 Å². The van der Waals surface area contributed by atoms with E-state index < -0.39 is 6.16 Å². The molecule has 0 aromatic carbocycles. The zero-order valence-electron chi connectivity index (χ0n) is 9.04. The van der Waals surface area contributed by atoms with Crippen LogP contribution in [0.2, 0.25) is 0 Å². The molecule has 0 unspecified atom stereocenters. The Kier molecular flexibility index (Phi) is 6.54. The molecule has 1 N–H and O–H groups in total. The second kappa shape index (κ2) is 7.18. The third-order valence-electron chi connectivity index (χ3n) is 1.73. The van der Waals surface area contributed by atoms with Gasteiger partial charge in [0, 0.05) is 0 Å². The van der Waals surface area contributed by atoms with Crippen molar-refractivity contribution in [2.45, 2.75) is 33.6 Å². The van der Waals surface area contributed by atoms with Crippen LogP contribution in [0, 0.1) is 0 Å². The van der Waals surface area contributed by atoms with Gasteiger partial charge in [0.2, 0.25) is 0 Å². The summed E-state index contributed by atoms with van der Waals surface area (Å²) in [7, 11) is 0. The molecule has 0 aliphatic carbocycles. The molecular weight excluding hydrogens is 180 g/mol. The smallest absolute Gasteiger partial charge is 0.450 e. The Bertz CT molecular complexity index is 235. The highest BCUT2D eigenvalue weighted by molar-refractivity contribution is 5.56. The topological polar surface area (TPSA) is 46.5 Å². The molecule has 0 aliphatic rings. The Morgan fingerprint density at radius 2 is 1.93 bits per heavy atom. The number of allylic oxidation sites excluding steroid dienone is 3. The second-order valence-corrected chi connectivity index (χ2v) is 3.45. The summed E-state index contributed by atoms with van der Waals surface area (Å²) in [6.07, 6.45) is 4.69. The maximum atomic E-state index is 10.0. The molecular formula is C11H18O3. The van der Waals surface area contributed by atoms with Crippen molar-refractivity contribution < 1.29 is 14.6 Å². The summed E-state index contributed by atoms with van der Waals surface area (Å²) in [4.78, 5) is 10.0. The van der Waals surface area contributed by atoms with Gasteiger partial charge in [-0.05, 0) is 39.7 Å². The summed E-state index contributed by atoms with van der Waals surface area (Å²) in [5.41, 5.74) is 2.46. The lowest BCUT2D eigenvalue weighted by molar-refractivity contribution is 0.102. The molecule has 0 fully saturated rings. The van der Waals surface area contributed by atoms with E-state index in [1.165, 1.54) is 5.57 Å². The molecule has 80 valence electrons. The molecule has 0 aromatic heterocycles. The number of ether oxygens (including phenoxy) is 1. The van der Waals surface area contributed by atoms with Crippen molar-refractivity contribution in [2.24, 2.45) is 0 Å². The lowest BCUT2D eigenvalue weighted by Gasteiger charge is -1.99. The van der Waals surface area contributed by atoms with Gasteiger partial charge in [-0.25, -0.2) is 4.79 Å². The molecule has 0 aliphatic heterocycles. The van der Waals surface area contributed by atoms with Gasteiger partial charge in [0.25, 0.3) is 0 Å². The maximum Gasteiger partial charge on any atom is 0.506 e. The van der Waals surface area contributed by atoms with Gasteiger partial charge < -0.3 is 9.84 Å². The van der Waals surface area contributed by atoms with Crippen LogP contribution < -0.4 is 0 Å². The number of rotatable bonds is 5. The SMILES string of the molecule is CC(C)=CCC/C(C)=C/COC(=O)O. The summed E-state index contributed by atoms with van der Waals surface area (Å²) in [5.74, 6) is 0. The Morgan fingerprint density at radius 1 is 1.29 bits per heavy atom. The molecule has 0 saturated carbocycles. The first-order valence-electron chi connectivity index (χ1n) is 4.67. The lowest BCUT2D eigenvalue weighted by atomic mass is 10.1. The number of carbonyl (C=O) groups is 1. The molecule has 0 rings (SSSR count). The van der Waals surface area contributed by atoms with Crippen molar-refractivity contribution in [1.82, 2.24) is 0 Å². The first-order valence-corrected chi connectivity index (χ1v) is 4.67. The number of hydrogen-bond donors (Lipinski definition) is 1. The highest BCUT2D eigenvalue weighted by Crippen LogP contribution is 2.06. The predicted molar refractivity (Wildman–Crippen MR) is 56.4 cm³/mol. The lowest BCUT2D eigenvalue weighted by Crippen LogP contribution is -1.99. The van der Waals surface area contributed by atoms with Crippen LogP contribution in [0.25, 0.3) is 0 Å². The minimum absolute atomic E-state index is 0.149. The van der Waals surface area contributed by atoms with Crippen molar-refractivity contribution in [2.75, 3.05) is 6.61 Å².